The van der Waals surface area contributed by atoms with E-state index in [2.05, 4.69) is 25.6 Å². The van der Waals surface area contributed by atoms with E-state index in [1.165, 1.54) is 24.0 Å². The van der Waals surface area contributed by atoms with Crippen molar-refractivity contribution in [3.63, 3.8) is 0 Å². The Bertz CT molecular complexity index is 1190. The van der Waals surface area contributed by atoms with Gasteiger partial charge in [-0.25, -0.2) is 19.8 Å². The van der Waals surface area contributed by atoms with Crippen LogP contribution in [0, 0.1) is 17.1 Å². The fourth-order valence-electron chi connectivity index (χ4n) is 2.94. The molecule has 0 spiro atoms. The van der Waals surface area contributed by atoms with Gasteiger partial charge in [0.2, 0.25) is 11.9 Å². The van der Waals surface area contributed by atoms with Gasteiger partial charge >= 0.3 is 6.02 Å². The summed E-state index contributed by atoms with van der Waals surface area (Å²) < 4.78 is 25.4. The molecule has 0 saturated carbocycles. The summed E-state index contributed by atoms with van der Waals surface area (Å²) >= 11 is 0. The van der Waals surface area contributed by atoms with Crippen molar-refractivity contribution in [2.24, 2.45) is 15.9 Å². The molecule has 0 atom stereocenters. The molecule has 0 aliphatic heterocycles. The van der Waals surface area contributed by atoms with Gasteiger partial charge in [-0.2, -0.15) is 4.99 Å². The Morgan fingerprint density at radius 1 is 1.13 bits per heavy atom. The number of nitrogens with one attached hydrogen (secondary N) is 3. The van der Waals surface area contributed by atoms with Gasteiger partial charge in [0.1, 0.15) is 5.82 Å². The van der Waals surface area contributed by atoms with Crippen LogP contribution < -0.4 is 15.4 Å². The van der Waals surface area contributed by atoms with Crippen molar-refractivity contribution in [2.75, 3.05) is 39.2 Å². The van der Waals surface area contributed by atoms with Gasteiger partial charge in [0.15, 0.2) is 11.6 Å². The van der Waals surface area contributed by atoms with Gasteiger partial charge in [-0.05, 0) is 43.2 Å². The van der Waals surface area contributed by atoms with E-state index < -0.39 is 11.8 Å². The van der Waals surface area contributed by atoms with Gasteiger partial charge in [0, 0.05) is 51.5 Å². The van der Waals surface area contributed by atoms with Gasteiger partial charge < -0.3 is 25.0 Å². The Labute approximate surface area is 221 Å². The lowest BCUT2D eigenvalue weighted by molar-refractivity contribution is -0.114. The summed E-state index contributed by atoms with van der Waals surface area (Å²) in [7, 11) is 3.13. The molecule has 12 heteroatoms. The van der Waals surface area contributed by atoms with Crippen LogP contribution in [0.5, 0.6) is 5.75 Å². The van der Waals surface area contributed by atoms with E-state index in [4.69, 9.17) is 14.9 Å². The molecule has 3 N–H and O–H groups in total. The monoisotopic (exact) mass is 527 g/mol. The molecule has 1 aromatic carbocycles. The van der Waals surface area contributed by atoms with Gasteiger partial charge in [0.25, 0.3) is 5.91 Å². The lowest BCUT2D eigenvalue weighted by Gasteiger charge is -2.12. The molecule has 1 aromatic heterocycles. The first-order chi connectivity index (χ1) is 18.0. The van der Waals surface area contributed by atoms with Crippen molar-refractivity contribution in [3.8, 4) is 5.75 Å². The number of rotatable bonds is 9. The molecule has 1 heterocycles. The number of guanidine groups is 1. The van der Waals surface area contributed by atoms with Crippen molar-refractivity contribution in [1.82, 2.24) is 15.2 Å². The van der Waals surface area contributed by atoms with E-state index in [0.29, 0.717) is 42.8 Å². The first kappa shape index (κ1) is 30.0. The zero-order valence-corrected chi connectivity index (χ0v) is 22.5. The fraction of sp³-hybridized carbons (Fsp3) is 0.385. The molecule has 204 valence electrons. The Morgan fingerprint density at radius 2 is 1.84 bits per heavy atom. The number of anilines is 1. The minimum Gasteiger partial charge on any atom is -0.421 e. The summed E-state index contributed by atoms with van der Waals surface area (Å²) in [4.78, 5) is 37.3. The van der Waals surface area contributed by atoms with Gasteiger partial charge in [-0.15, -0.1) is 0 Å². The number of amidine groups is 1. The average Bonchev–Trinajstić information content (AvgIpc) is 2.84. The van der Waals surface area contributed by atoms with Crippen LogP contribution in [0.1, 0.15) is 43.6 Å². The average molecular weight is 528 g/mol. The summed E-state index contributed by atoms with van der Waals surface area (Å²) in [5.41, 5.74) is 1.33. The molecule has 0 aliphatic rings. The molecule has 0 aliphatic carbocycles. The standard InChI is InChI=1S/C26H34FN7O4/c1-16(2)15-37-12-11-29-26(31-17(3)20-8-10-23(30-14-20)32-18(4)35)33-25(28)38-22-9-7-19(13-21(22)27)24(36)34(5)6/h7-10,13-14,16H,11-12,15H2,1-6H3,(H2,28,29,33)(H,30,32,35)/b31-17+. The summed E-state index contributed by atoms with van der Waals surface area (Å²) in [6.45, 7) is 8.52. The Morgan fingerprint density at radius 3 is 2.42 bits per heavy atom. The van der Waals surface area contributed by atoms with Crippen molar-refractivity contribution in [2.45, 2.75) is 27.7 Å². The highest BCUT2D eigenvalue weighted by Crippen LogP contribution is 2.19. The number of hydrogen-bond acceptors (Lipinski definition) is 6. The third kappa shape index (κ3) is 10.1. The van der Waals surface area contributed by atoms with Crippen molar-refractivity contribution >= 4 is 35.3 Å². The smallest absolute Gasteiger partial charge is 0.317 e. The quantitative estimate of drug-likeness (QED) is 0.260. The second kappa shape index (κ2) is 14.5. The molecule has 38 heavy (non-hydrogen) atoms. The number of pyridine rings is 1. The van der Waals surface area contributed by atoms with Crippen LogP contribution in [0.15, 0.2) is 46.5 Å². The van der Waals surface area contributed by atoms with Crippen molar-refractivity contribution in [1.29, 1.82) is 5.41 Å². The highest BCUT2D eigenvalue weighted by atomic mass is 19.1. The van der Waals surface area contributed by atoms with E-state index in [0.717, 1.165) is 6.07 Å². The molecule has 2 amide bonds. The number of amides is 2. The third-order valence-electron chi connectivity index (χ3n) is 4.74. The molecule has 0 unspecified atom stereocenters. The lowest BCUT2D eigenvalue weighted by Crippen LogP contribution is -2.28. The molecule has 0 radical (unpaired) electrons. The van der Waals surface area contributed by atoms with E-state index >= 15 is 0 Å². The minimum atomic E-state index is -0.806. The Balaban J connectivity index is 2.21. The third-order valence-corrected chi connectivity index (χ3v) is 4.74. The number of hydrogen-bond donors (Lipinski definition) is 3. The minimum absolute atomic E-state index is 0.0476. The predicted molar refractivity (Wildman–Crippen MR) is 145 cm³/mol. The predicted octanol–water partition coefficient (Wildman–Crippen LogP) is 3.32. The first-order valence-electron chi connectivity index (χ1n) is 11.9. The van der Waals surface area contributed by atoms with Crippen LogP contribution in [-0.4, -0.2) is 73.2 Å². The fourth-order valence-corrected chi connectivity index (χ4v) is 2.94. The van der Waals surface area contributed by atoms with Crippen LogP contribution in [-0.2, 0) is 9.53 Å². The summed E-state index contributed by atoms with van der Waals surface area (Å²) in [5.74, 6) is -0.828. The van der Waals surface area contributed by atoms with E-state index in [1.54, 1.807) is 39.3 Å². The van der Waals surface area contributed by atoms with Crippen LogP contribution in [0.2, 0.25) is 0 Å². The Hall–Kier alpha value is -4.19. The lowest BCUT2D eigenvalue weighted by atomic mass is 10.2. The number of carbonyl (C=O) groups is 2. The molecule has 2 aromatic rings. The van der Waals surface area contributed by atoms with Crippen LogP contribution in [0.4, 0.5) is 10.2 Å². The zero-order chi connectivity index (χ0) is 28.2. The van der Waals surface area contributed by atoms with Gasteiger partial charge in [-0.1, -0.05) is 13.8 Å². The number of benzene rings is 1. The molecule has 0 saturated heterocycles. The summed E-state index contributed by atoms with van der Waals surface area (Å²) in [5, 5.41) is 13.7. The molecular weight excluding hydrogens is 493 g/mol. The molecule has 2 rings (SSSR count). The van der Waals surface area contributed by atoms with Crippen molar-refractivity contribution in [3.05, 3.63) is 53.5 Å². The summed E-state index contributed by atoms with van der Waals surface area (Å²) in [6.07, 6.45) is 1.54. The van der Waals surface area contributed by atoms with E-state index in [1.807, 2.05) is 13.8 Å². The maximum Gasteiger partial charge on any atom is 0.317 e. The van der Waals surface area contributed by atoms with Crippen LogP contribution in [0.25, 0.3) is 0 Å². The second-order valence-corrected chi connectivity index (χ2v) is 8.89. The number of nitrogens with zero attached hydrogens (tertiary/aromatic N) is 4. The van der Waals surface area contributed by atoms with Crippen LogP contribution in [0.3, 0.4) is 0 Å². The largest absolute Gasteiger partial charge is 0.421 e. The second-order valence-electron chi connectivity index (χ2n) is 8.89. The number of ether oxygens (including phenoxy) is 2. The maximum absolute atomic E-state index is 14.5. The first-order valence-corrected chi connectivity index (χ1v) is 11.9. The van der Waals surface area contributed by atoms with E-state index in [-0.39, 0.29) is 29.1 Å². The maximum atomic E-state index is 14.5. The molecular formula is C26H34FN7O4. The number of aromatic nitrogens is 1. The molecule has 11 nitrogen and oxygen atoms in total. The number of aliphatic imine (C=N–C) groups is 2. The number of halogens is 1. The van der Waals surface area contributed by atoms with E-state index in [9.17, 15) is 14.0 Å². The number of carbonyl (C=O) groups excluding carboxylic acids is 2. The van der Waals surface area contributed by atoms with Crippen molar-refractivity contribution < 1.29 is 23.5 Å². The SMILES string of the molecule is CC(=O)Nc1ccc(/C(C)=N/C(=N\C(=N)Oc2ccc(C(=O)N(C)C)cc2F)NCCOCC(C)C)cn1. The normalized spacial score (nSPS) is 11.8. The molecule has 0 bridgehead atoms. The van der Waals surface area contributed by atoms with Gasteiger partial charge in [0.05, 0.1) is 12.3 Å². The topological polar surface area (TPSA) is 141 Å². The zero-order valence-electron chi connectivity index (χ0n) is 22.5. The molecule has 0 fully saturated rings. The van der Waals surface area contributed by atoms with Crippen LogP contribution >= 0.6 is 0 Å². The summed E-state index contributed by atoms with van der Waals surface area (Å²) in [6, 6.07) is 6.46. The highest BCUT2D eigenvalue weighted by molar-refractivity contribution is 6.07. The highest BCUT2D eigenvalue weighted by Gasteiger charge is 2.14. The Kier molecular flexibility index (Phi) is 11.5. The van der Waals surface area contributed by atoms with Gasteiger partial charge in [-0.3, -0.25) is 9.59 Å².